The van der Waals surface area contributed by atoms with Crippen molar-refractivity contribution >= 4 is 7.12 Å². The van der Waals surface area contributed by atoms with Crippen LogP contribution in [0.25, 0.3) is 0 Å². The van der Waals surface area contributed by atoms with E-state index in [1.54, 1.807) is 0 Å². The molecule has 0 aliphatic heterocycles. The van der Waals surface area contributed by atoms with Gasteiger partial charge in [-0.3, -0.25) is 0 Å². The van der Waals surface area contributed by atoms with Gasteiger partial charge >= 0.3 is 7.12 Å². The van der Waals surface area contributed by atoms with Gasteiger partial charge in [-0.25, -0.2) is 0 Å². The molecule has 0 spiro atoms. The van der Waals surface area contributed by atoms with E-state index in [9.17, 15) is 0 Å². The second-order valence-electron chi connectivity index (χ2n) is 6.29. The molecule has 2 rings (SSSR count). The number of rotatable bonds is 6. The maximum atomic E-state index is 5.99. The molecular formula is C18H23BO2. The first-order valence-electron chi connectivity index (χ1n) is 7.37. The molecular weight excluding hydrogens is 259 g/mol. The Balaban J connectivity index is 1.92. The van der Waals surface area contributed by atoms with E-state index in [4.69, 9.17) is 9.31 Å². The monoisotopic (exact) mass is 282 g/mol. The molecule has 0 fully saturated rings. The molecule has 0 radical (unpaired) electrons. The van der Waals surface area contributed by atoms with Crippen LogP contribution in [0.1, 0.15) is 31.9 Å². The van der Waals surface area contributed by atoms with Crippen LogP contribution in [0.5, 0.6) is 0 Å². The fourth-order valence-corrected chi connectivity index (χ4v) is 2.04. The average molecular weight is 282 g/mol. The zero-order valence-corrected chi connectivity index (χ0v) is 13.1. The van der Waals surface area contributed by atoms with Gasteiger partial charge in [-0.1, -0.05) is 81.4 Å². The lowest BCUT2D eigenvalue weighted by Crippen LogP contribution is -2.32. The first-order chi connectivity index (χ1) is 10.1. The van der Waals surface area contributed by atoms with Crippen molar-refractivity contribution < 1.29 is 9.31 Å². The van der Waals surface area contributed by atoms with Gasteiger partial charge in [0.1, 0.15) is 0 Å². The van der Waals surface area contributed by atoms with E-state index < -0.39 is 0 Å². The highest BCUT2D eigenvalue weighted by Gasteiger charge is 2.33. The summed E-state index contributed by atoms with van der Waals surface area (Å²) in [6, 6.07) is 20.4. The fourth-order valence-electron chi connectivity index (χ4n) is 2.04. The number of hydrogen-bond donors (Lipinski definition) is 0. The first-order valence-corrected chi connectivity index (χ1v) is 7.37. The second-order valence-corrected chi connectivity index (χ2v) is 6.29. The van der Waals surface area contributed by atoms with Gasteiger partial charge in [0.05, 0.1) is 13.2 Å². The van der Waals surface area contributed by atoms with Crippen LogP contribution in [0.4, 0.5) is 0 Å². The molecule has 0 bridgehead atoms. The largest absolute Gasteiger partial charge is 0.463 e. The molecule has 0 saturated carbocycles. The van der Waals surface area contributed by atoms with Gasteiger partial charge in [-0.15, -0.1) is 0 Å². The molecule has 0 unspecified atom stereocenters. The van der Waals surface area contributed by atoms with Gasteiger partial charge in [0.25, 0.3) is 0 Å². The summed E-state index contributed by atoms with van der Waals surface area (Å²) in [5, 5.41) is -0.0659. The third kappa shape index (κ3) is 5.37. The lowest BCUT2D eigenvalue weighted by molar-refractivity contribution is 0.163. The zero-order valence-electron chi connectivity index (χ0n) is 13.1. The van der Waals surface area contributed by atoms with Crippen LogP contribution in [-0.4, -0.2) is 7.12 Å². The topological polar surface area (TPSA) is 18.5 Å². The van der Waals surface area contributed by atoms with Crippen molar-refractivity contribution in [2.24, 2.45) is 0 Å². The van der Waals surface area contributed by atoms with E-state index in [1.807, 2.05) is 36.4 Å². The van der Waals surface area contributed by atoms with Gasteiger partial charge in [-0.2, -0.15) is 0 Å². The Labute approximate surface area is 128 Å². The lowest BCUT2D eigenvalue weighted by Gasteiger charge is -2.26. The summed E-state index contributed by atoms with van der Waals surface area (Å²) in [5.74, 6) is 0. The van der Waals surface area contributed by atoms with E-state index in [0.29, 0.717) is 13.2 Å². The second kappa shape index (κ2) is 7.44. The highest BCUT2D eigenvalue weighted by atomic mass is 16.6. The van der Waals surface area contributed by atoms with Crippen molar-refractivity contribution in [2.45, 2.75) is 39.3 Å². The van der Waals surface area contributed by atoms with Crippen LogP contribution < -0.4 is 0 Å². The van der Waals surface area contributed by atoms with Crippen LogP contribution in [0, 0.1) is 0 Å². The number of benzene rings is 2. The molecule has 0 aliphatic rings. The minimum absolute atomic E-state index is 0.0659. The van der Waals surface area contributed by atoms with Crippen LogP contribution in [0.15, 0.2) is 60.7 Å². The Kier molecular flexibility index (Phi) is 5.60. The van der Waals surface area contributed by atoms with Gasteiger partial charge in [0.2, 0.25) is 0 Å². The summed E-state index contributed by atoms with van der Waals surface area (Å²) < 4.78 is 12.0. The van der Waals surface area contributed by atoms with Gasteiger partial charge in [0, 0.05) is 0 Å². The normalized spacial score (nSPS) is 11.4. The van der Waals surface area contributed by atoms with Crippen molar-refractivity contribution in [2.75, 3.05) is 0 Å². The zero-order chi connectivity index (χ0) is 15.1. The maximum absolute atomic E-state index is 5.99. The van der Waals surface area contributed by atoms with Crippen LogP contribution in [0.3, 0.4) is 0 Å². The van der Waals surface area contributed by atoms with Gasteiger partial charge < -0.3 is 9.31 Å². The molecule has 0 atom stereocenters. The van der Waals surface area contributed by atoms with Crippen LogP contribution in [-0.2, 0) is 22.5 Å². The standard InChI is InChI=1S/C18H23BO2/c1-18(2,3)19(20-14-16-10-6-4-7-11-16)21-15-17-12-8-5-9-13-17/h4-13H,14-15H2,1-3H3. The summed E-state index contributed by atoms with van der Waals surface area (Å²) >= 11 is 0. The Morgan fingerprint density at radius 3 is 1.43 bits per heavy atom. The predicted octanol–water partition coefficient (Wildman–Crippen LogP) is 4.71. The summed E-state index contributed by atoms with van der Waals surface area (Å²) in [5.41, 5.74) is 2.32. The molecule has 21 heavy (non-hydrogen) atoms. The van der Waals surface area contributed by atoms with Crippen molar-refractivity contribution in [3.8, 4) is 0 Å². The number of hydrogen-bond acceptors (Lipinski definition) is 2. The smallest absolute Gasteiger partial charge is 0.407 e. The molecule has 0 aliphatic carbocycles. The van der Waals surface area contributed by atoms with E-state index in [1.165, 1.54) is 0 Å². The molecule has 110 valence electrons. The van der Waals surface area contributed by atoms with Crippen molar-refractivity contribution in [3.05, 3.63) is 71.8 Å². The summed E-state index contributed by atoms with van der Waals surface area (Å²) in [7, 11) is -0.238. The Morgan fingerprint density at radius 2 is 1.10 bits per heavy atom. The van der Waals surface area contributed by atoms with Gasteiger partial charge in [0.15, 0.2) is 0 Å². The average Bonchev–Trinajstić information content (AvgIpc) is 2.48. The third-order valence-electron chi connectivity index (χ3n) is 3.20. The molecule has 0 aromatic heterocycles. The summed E-state index contributed by atoms with van der Waals surface area (Å²) in [4.78, 5) is 0. The summed E-state index contributed by atoms with van der Waals surface area (Å²) in [6.45, 7) is 7.53. The quantitative estimate of drug-likeness (QED) is 0.714. The summed E-state index contributed by atoms with van der Waals surface area (Å²) in [6.07, 6.45) is 0. The Morgan fingerprint density at radius 1 is 0.714 bits per heavy atom. The molecule has 3 heteroatoms. The van der Waals surface area contributed by atoms with Crippen molar-refractivity contribution in [1.82, 2.24) is 0 Å². The molecule has 0 saturated heterocycles. The lowest BCUT2D eigenvalue weighted by atomic mass is 9.61. The van der Waals surface area contributed by atoms with E-state index in [0.717, 1.165) is 11.1 Å². The minimum atomic E-state index is -0.238. The Hall–Kier alpha value is -1.58. The molecule has 2 aromatic rings. The predicted molar refractivity (Wildman–Crippen MR) is 87.9 cm³/mol. The van der Waals surface area contributed by atoms with E-state index >= 15 is 0 Å². The maximum Gasteiger partial charge on any atom is 0.463 e. The Bertz CT molecular complexity index is 476. The molecule has 0 heterocycles. The third-order valence-corrected chi connectivity index (χ3v) is 3.20. The van der Waals surface area contributed by atoms with Crippen molar-refractivity contribution in [1.29, 1.82) is 0 Å². The molecule has 2 aromatic carbocycles. The molecule has 0 amide bonds. The highest BCUT2D eigenvalue weighted by Crippen LogP contribution is 2.29. The minimum Gasteiger partial charge on any atom is -0.407 e. The van der Waals surface area contributed by atoms with Crippen LogP contribution in [0.2, 0.25) is 5.31 Å². The van der Waals surface area contributed by atoms with E-state index in [2.05, 4.69) is 45.0 Å². The van der Waals surface area contributed by atoms with Crippen LogP contribution >= 0.6 is 0 Å². The highest BCUT2D eigenvalue weighted by molar-refractivity contribution is 6.48. The molecule has 0 N–H and O–H groups in total. The SMILES string of the molecule is CC(C)(C)B(OCc1ccccc1)OCc1ccccc1. The van der Waals surface area contributed by atoms with Crippen molar-refractivity contribution in [3.63, 3.8) is 0 Å². The van der Waals surface area contributed by atoms with E-state index in [-0.39, 0.29) is 12.4 Å². The first kappa shape index (κ1) is 15.8. The fraction of sp³-hybridized carbons (Fsp3) is 0.333. The van der Waals surface area contributed by atoms with Gasteiger partial charge in [-0.05, 0) is 16.4 Å². The molecule has 2 nitrogen and oxygen atoms in total.